The summed E-state index contributed by atoms with van der Waals surface area (Å²) < 4.78 is 0. The Kier molecular flexibility index (Phi) is 27.0. The summed E-state index contributed by atoms with van der Waals surface area (Å²) in [7, 11) is 0. The Bertz CT molecular complexity index is 245. The van der Waals surface area contributed by atoms with E-state index in [0.29, 0.717) is 0 Å². The third kappa shape index (κ3) is 370. The Hall–Kier alpha value is -2.66. The van der Waals surface area contributed by atoms with Crippen molar-refractivity contribution < 1.29 is 15.3 Å². The number of H-pyrrole nitrogens is 1. The number of nitrogens with one attached hydrogen (secondary N) is 1. The van der Waals surface area contributed by atoms with Gasteiger partial charge in [-0.15, -0.1) is 0 Å². The minimum atomic E-state index is -1.75. The SMILES string of the molecule is O=[N+]([O-])[O-].O=[N+]([O-])[O-].O=[N+]([O-])[O-].[Al+3].c1c[nH]cn1. The standard InChI is InChI=1S/C3H4N2.Al.3NO3/c1-2-5-3-4-1;;3*2-1(3)4/h1-3H,(H,4,5);;;;/q;+3;3*-1. The number of rotatable bonds is 0. The predicted molar refractivity (Wildman–Crippen MR) is 55.4 cm³/mol. The van der Waals surface area contributed by atoms with Crippen LogP contribution in [-0.4, -0.2) is 42.6 Å². The Labute approximate surface area is 108 Å². The monoisotopic (exact) mass is 281 g/mol. The zero-order valence-corrected chi connectivity index (χ0v) is 9.43. The number of aromatic nitrogens is 2. The summed E-state index contributed by atoms with van der Waals surface area (Å²) in [6, 6.07) is 0. The first kappa shape index (κ1) is 24.5. The number of hydrogen-bond donors (Lipinski definition) is 1. The number of hydrogen-bond acceptors (Lipinski definition) is 10. The third-order valence-corrected chi connectivity index (χ3v) is 0.406. The van der Waals surface area contributed by atoms with E-state index in [2.05, 4.69) is 9.97 Å². The van der Waals surface area contributed by atoms with E-state index in [1.807, 2.05) is 0 Å². The minimum Gasteiger partial charge on any atom is -0.356 e. The zero-order chi connectivity index (χ0) is 14.3. The van der Waals surface area contributed by atoms with Gasteiger partial charge < -0.3 is 50.9 Å². The van der Waals surface area contributed by atoms with Crippen LogP contribution in [0.1, 0.15) is 0 Å². The van der Waals surface area contributed by atoms with Crippen LogP contribution < -0.4 is 0 Å². The van der Waals surface area contributed by atoms with Crippen LogP contribution in [0.3, 0.4) is 0 Å². The van der Waals surface area contributed by atoms with Crippen molar-refractivity contribution in [1.29, 1.82) is 0 Å². The molecule has 1 rings (SSSR count). The molecule has 0 aromatic carbocycles. The molecule has 0 bridgehead atoms. The van der Waals surface area contributed by atoms with Crippen LogP contribution in [0.15, 0.2) is 18.7 Å². The molecule has 0 atom stereocenters. The average molecular weight is 281 g/mol. The van der Waals surface area contributed by atoms with Gasteiger partial charge in [-0.1, -0.05) is 0 Å². The summed E-state index contributed by atoms with van der Waals surface area (Å²) in [6.45, 7) is 0. The van der Waals surface area contributed by atoms with Gasteiger partial charge in [0.1, 0.15) is 0 Å². The fourth-order valence-corrected chi connectivity index (χ4v) is 0.215. The molecule has 1 aromatic rings. The van der Waals surface area contributed by atoms with Gasteiger partial charge in [-0.25, -0.2) is 4.98 Å². The smallest absolute Gasteiger partial charge is 0.356 e. The molecule has 0 fully saturated rings. The van der Waals surface area contributed by atoms with Crippen molar-refractivity contribution in [2.24, 2.45) is 0 Å². The molecule has 1 heterocycles. The first-order valence-electron chi connectivity index (χ1n) is 3.07. The molecule has 1 aromatic heterocycles. The van der Waals surface area contributed by atoms with E-state index in [0.717, 1.165) is 0 Å². The van der Waals surface area contributed by atoms with Crippen LogP contribution in [0, 0.1) is 46.0 Å². The number of nitrogens with zero attached hydrogens (tertiary/aromatic N) is 4. The molecule has 98 valence electrons. The molecule has 0 saturated heterocycles. The molecule has 1 N–H and O–H groups in total. The molecule has 0 spiro atoms. The second-order valence-corrected chi connectivity index (χ2v) is 1.43. The molecule has 0 aliphatic rings. The molecule has 0 radical (unpaired) electrons. The van der Waals surface area contributed by atoms with E-state index >= 15 is 0 Å². The van der Waals surface area contributed by atoms with Gasteiger partial charge in [-0.2, -0.15) is 0 Å². The summed E-state index contributed by atoms with van der Waals surface area (Å²) >= 11 is 0. The molecule has 0 saturated carbocycles. The maximum atomic E-state index is 8.25. The normalized spacial score (nSPS) is 6.22. The van der Waals surface area contributed by atoms with E-state index in [9.17, 15) is 0 Å². The van der Waals surface area contributed by atoms with E-state index < -0.39 is 15.3 Å². The fraction of sp³-hybridized carbons (Fsp3) is 0. The Morgan fingerprint density at radius 2 is 1.11 bits per heavy atom. The van der Waals surface area contributed by atoms with Crippen LogP contribution in [-0.2, 0) is 0 Å². The van der Waals surface area contributed by atoms with Gasteiger partial charge in [-0.05, 0) is 0 Å². The van der Waals surface area contributed by atoms with Gasteiger partial charge in [0.05, 0.1) is 21.6 Å². The van der Waals surface area contributed by atoms with Gasteiger partial charge in [0.25, 0.3) is 0 Å². The van der Waals surface area contributed by atoms with E-state index in [4.69, 9.17) is 46.0 Å². The van der Waals surface area contributed by atoms with Crippen molar-refractivity contribution in [2.75, 3.05) is 0 Å². The van der Waals surface area contributed by atoms with Gasteiger partial charge >= 0.3 is 17.4 Å². The number of imidazole rings is 1. The maximum Gasteiger partial charge on any atom is 3.00 e. The van der Waals surface area contributed by atoms with Crippen LogP contribution in [0.2, 0.25) is 0 Å². The summed E-state index contributed by atoms with van der Waals surface area (Å²) in [5.41, 5.74) is 0. The molecule has 0 aliphatic heterocycles. The van der Waals surface area contributed by atoms with Crippen LogP contribution in [0.4, 0.5) is 0 Å². The summed E-state index contributed by atoms with van der Waals surface area (Å²) in [4.78, 5) is 31.2. The quantitative estimate of drug-likeness (QED) is 0.357. The van der Waals surface area contributed by atoms with Gasteiger partial charge in [0.15, 0.2) is 0 Å². The van der Waals surface area contributed by atoms with Crippen molar-refractivity contribution in [3.05, 3.63) is 64.7 Å². The summed E-state index contributed by atoms with van der Waals surface area (Å²) in [6.07, 6.45) is 5.08. The second kappa shape index (κ2) is 19.8. The Morgan fingerprint density at radius 3 is 1.17 bits per heavy atom. The predicted octanol–water partition coefficient (Wildman–Crippen LogP) is -0.688. The fourth-order valence-electron chi connectivity index (χ4n) is 0.215. The molecule has 15 heteroatoms. The first-order valence-corrected chi connectivity index (χ1v) is 3.07. The zero-order valence-electron chi connectivity index (χ0n) is 8.27. The van der Waals surface area contributed by atoms with Gasteiger partial charge in [-0.3, -0.25) is 0 Å². The van der Waals surface area contributed by atoms with Crippen molar-refractivity contribution in [2.45, 2.75) is 0 Å². The molecule has 18 heavy (non-hydrogen) atoms. The van der Waals surface area contributed by atoms with E-state index in [1.54, 1.807) is 18.7 Å². The van der Waals surface area contributed by atoms with Gasteiger partial charge in [0, 0.05) is 12.4 Å². The Balaban J connectivity index is -0.0000000719. The van der Waals surface area contributed by atoms with Gasteiger partial charge in [0.2, 0.25) is 0 Å². The topological polar surface area (TPSA) is 227 Å². The number of aromatic amines is 1. The second-order valence-electron chi connectivity index (χ2n) is 1.43. The molecule has 0 aliphatic carbocycles. The van der Waals surface area contributed by atoms with Crippen molar-refractivity contribution in [3.8, 4) is 0 Å². The molecular weight excluding hydrogens is 277 g/mol. The first-order chi connectivity index (χ1) is 7.70. The van der Waals surface area contributed by atoms with E-state index in [-0.39, 0.29) is 17.4 Å². The third-order valence-electron chi connectivity index (χ3n) is 0.406. The molecule has 14 nitrogen and oxygen atoms in total. The van der Waals surface area contributed by atoms with Crippen molar-refractivity contribution in [3.63, 3.8) is 0 Å². The van der Waals surface area contributed by atoms with Crippen molar-refractivity contribution in [1.82, 2.24) is 9.97 Å². The van der Waals surface area contributed by atoms with Crippen LogP contribution in [0.25, 0.3) is 0 Å². The molecular formula is C3H4AlN5O9. The minimum absolute atomic E-state index is 0. The molecule has 0 amide bonds. The average Bonchev–Trinajstić information content (AvgIpc) is 2.53. The van der Waals surface area contributed by atoms with Crippen molar-refractivity contribution >= 4 is 17.4 Å². The molecule has 0 unspecified atom stereocenters. The van der Waals surface area contributed by atoms with E-state index in [1.165, 1.54) is 0 Å². The summed E-state index contributed by atoms with van der Waals surface area (Å²) in [5.74, 6) is 0. The Morgan fingerprint density at radius 1 is 0.833 bits per heavy atom. The largest absolute Gasteiger partial charge is 3.00 e. The summed E-state index contributed by atoms with van der Waals surface area (Å²) in [5, 5.41) is 44.2. The maximum absolute atomic E-state index is 8.25. The van der Waals surface area contributed by atoms with Crippen LogP contribution in [0.5, 0.6) is 0 Å². The van der Waals surface area contributed by atoms with Crippen LogP contribution >= 0.6 is 0 Å².